The largest absolute Gasteiger partial charge is 0.462 e. The molecule has 1 saturated heterocycles. The summed E-state index contributed by atoms with van der Waals surface area (Å²) in [7, 11) is -3.13. The highest BCUT2D eigenvalue weighted by molar-refractivity contribution is 7.89. The Morgan fingerprint density at radius 1 is 1.00 bits per heavy atom. The topological polar surface area (TPSA) is 63.7 Å². The molecule has 5 nitrogen and oxygen atoms in total. The van der Waals surface area contributed by atoms with Crippen LogP contribution in [-0.2, 0) is 19.6 Å². The Bertz CT molecular complexity index is 447. The molecule has 0 aromatic rings. The number of esters is 1. The van der Waals surface area contributed by atoms with E-state index in [1.54, 1.807) is 6.92 Å². The number of sulfonamides is 1. The highest BCUT2D eigenvalue weighted by atomic mass is 32.2. The van der Waals surface area contributed by atoms with Crippen LogP contribution in [0.15, 0.2) is 0 Å². The fourth-order valence-corrected chi connectivity index (χ4v) is 4.48. The van der Waals surface area contributed by atoms with E-state index in [9.17, 15) is 13.2 Å². The Morgan fingerprint density at radius 3 is 2.09 bits per heavy atom. The normalized spacial score (nSPS) is 23.7. The van der Waals surface area contributed by atoms with Crippen molar-refractivity contribution in [1.29, 1.82) is 0 Å². The average Bonchev–Trinajstić information content (AvgIpc) is 2.50. The van der Waals surface area contributed by atoms with Crippen LogP contribution in [-0.4, -0.2) is 43.6 Å². The molecule has 2 aliphatic rings. The third-order valence-corrected chi connectivity index (χ3v) is 6.76. The third kappa shape index (κ3) is 4.95. The van der Waals surface area contributed by atoms with Crippen molar-refractivity contribution in [3.63, 3.8) is 0 Å². The summed E-state index contributed by atoms with van der Waals surface area (Å²) in [5.41, 5.74) is 0. The summed E-state index contributed by atoms with van der Waals surface area (Å²) in [6.07, 6.45) is 9.27. The van der Waals surface area contributed by atoms with Crippen molar-refractivity contribution < 1.29 is 17.9 Å². The Balaban J connectivity index is 1.79. The second kappa shape index (κ2) is 8.29. The molecule has 0 aromatic heterocycles. The SMILES string of the molecule is CCS(=O)(=O)N1CCC(C(=O)OC2CCCCCCC2)CC1. The van der Waals surface area contributed by atoms with Gasteiger partial charge in [0, 0.05) is 13.1 Å². The van der Waals surface area contributed by atoms with Crippen LogP contribution in [0.25, 0.3) is 0 Å². The zero-order chi connectivity index (χ0) is 16.0. The van der Waals surface area contributed by atoms with Gasteiger partial charge in [0.2, 0.25) is 10.0 Å². The van der Waals surface area contributed by atoms with Gasteiger partial charge in [-0.3, -0.25) is 4.79 Å². The van der Waals surface area contributed by atoms with Crippen molar-refractivity contribution in [2.45, 2.75) is 70.8 Å². The zero-order valence-corrected chi connectivity index (χ0v) is 14.4. The Hall–Kier alpha value is -0.620. The highest BCUT2D eigenvalue weighted by Gasteiger charge is 2.32. The number of rotatable bonds is 4. The first kappa shape index (κ1) is 17.7. The van der Waals surface area contributed by atoms with Gasteiger partial charge in [0.25, 0.3) is 0 Å². The Kier molecular flexibility index (Phi) is 6.68. The lowest BCUT2D eigenvalue weighted by atomic mass is 9.96. The number of piperidine rings is 1. The van der Waals surface area contributed by atoms with Gasteiger partial charge in [-0.1, -0.05) is 19.3 Å². The molecule has 0 amide bonds. The predicted octanol–water partition coefficient (Wildman–Crippen LogP) is 2.70. The van der Waals surface area contributed by atoms with E-state index >= 15 is 0 Å². The molecule has 2 fully saturated rings. The maximum absolute atomic E-state index is 12.3. The summed E-state index contributed by atoms with van der Waals surface area (Å²) >= 11 is 0. The van der Waals surface area contributed by atoms with E-state index in [0.29, 0.717) is 25.9 Å². The average molecular weight is 331 g/mol. The van der Waals surface area contributed by atoms with E-state index in [1.165, 1.54) is 23.6 Å². The van der Waals surface area contributed by atoms with E-state index in [2.05, 4.69) is 0 Å². The second-order valence-electron chi connectivity index (χ2n) is 6.48. The molecule has 0 aromatic carbocycles. The first-order valence-corrected chi connectivity index (χ1v) is 10.3. The molecule has 128 valence electrons. The maximum atomic E-state index is 12.3. The molecule has 1 aliphatic heterocycles. The van der Waals surface area contributed by atoms with Crippen LogP contribution in [0.2, 0.25) is 0 Å². The summed E-state index contributed by atoms with van der Waals surface area (Å²) in [4.78, 5) is 12.3. The van der Waals surface area contributed by atoms with Gasteiger partial charge in [-0.25, -0.2) is 12.7 Å². The van der Waals surface area contributed by atoms with Crippen LogP contribution in [0.4, 0.5) is 0 Å². The lowest BCUT2D eigenvalue weighted by molar-refractivity contribution is -0.156. The minimum atomic E-state index is -3.13. The van der Waals surface area contributed by atoms with Crippen LogP contribution in [0, 0.1) is 5.92 Å². The van der Waals surface area contributed by atoms with Crippen molar-refractivity contribution in [3.8, 4) is 0 Å². The molecule has 0 atom stereocenters. The molecule has 1 aliphatic carbocycles. The van der Waals surface area contributed by atoms with Crippen molar-refractivity contribution in [2.24, 2.45) is 5.92 Å². The number of hydrogen-bond donors (Lipinski definition) is 0. The van der Waals surface area contributed by atoms with Gasteiger partial charge in [-0.2, -0.15) is 0 Å². The van der Waals surface area contributed by atoms with E-state index in [1.807, 2.05) is 0 Å². The monoisotopic (exact) mass is 331 g/mol. The number of hydrogen-bond acceptors (Lipinski definition) is 4. The number of ether oxygens (including phenoxy) is 1. The molecule has 2 rings (SSSR count). The summed E-state index contributed by atoms with van der Waals surface area (Å²) in [6, 6.07) is 0. The van der Waals surface area contributed by atoms with E-state index in [-0.39, 0.29) is 23.7 Å². The van der Waals surface area contributed by atoms with Crippen LogP contribution < -0.4 is 0 Å². The minimum Gasteiger partial charge on any atom is -0.462 e. The standard InChI is InChI=1S/C16H29NO4S/c1-2-22(19,20)17-12-10-14(11-13-17)16(18)21-15-8-6-4-3-5-7-9-15/h14-15H,2-13H2,1H3. The second-order valence-corrected chi connectivity index (χ2v) is 8.74. The number of carbonyl (C=O) groups excluding carboxylic acids is 1. The number of nitrogens with zero attached hydrogens (tertiary/aromatic N) is 1. The molecule has 1 saturated carbocycles. The van der Waals surface area contributed by atoms with E-state index in [0.717, 1.165) is 25.7 Å². The molecule has 0 bridgehead atoms. The van der Waals surface area contributed by atoms with Crippen LogP contribution >= 0.6 is 0 Å². The van der Waals surface area contributed by atoms with Crippen molar-refractivity contribution in [1.82, 2.24) is 4.31 Å². The van der Waals surface area contributed by atoms with Gasteiger partial charge >= 0.3 is 5.97 Å². The maximum Gasteiger partial charge on any atom is 0.309 e. The molecular weight excluding hydrogens is 302 g/mol. The van der Waals surface area contributed by atoms with Crippen molar-refractivity contribution in [3.05, 3.63) is 0 Å². The smallest absolute Gasteiger partial charge is 0.309 e. The summed E-state index contributed by atoms with van der Waals surface area (Å²) in [5, 5.41) is 0. The van der Waals surface area contributed by atoms with E-state index < -0.39 is 10.0 Å². The molecule has 0 radical (unpaired) electrons. The minimum absolute atomic E-state index is 0.0743. The summed E-state index contributed by atoms with van der Waals surface area (Å²) < 4.78 is 30.9. The Morgan fingerprint density at radius 2 is 1.55 bits per heavy atom. The lowest BCUT2D eigenvalue weighted by Crippen LogP contribution is -2.41. The molecular formula is C16H29NO4S. The third-order valence-electron chi connectivity index (χ3n) is 4.88. The Labute approximate surface area is 134 Å². The summed E-state index contributed by atoms with van der Waals surface area (Å²) in [6.45, 7) is 2.55. The van der Waals surface area contributed by atoms with Crippen LogP contribution in [0.5, 0.6) is 0 Å². The molecule has 0 N–H and O–H groups in total. The molecule has 0 unspecified atom stereocenters. The fourth-order valence-electron chi connectivity index (χ4n) is 3.35. The highest BCUT2D eigenvalue weighted by Crippen LogP contribution is 2.24. The van der Waals surface area contributed by atoms with Gasteiger partial charge < -0.3 is 4.74 Å². The molecule has 0 spiro atoms. The van der Waals surface area contributed by atoms with Crippen LogP contribution in [0.3, 0.4) is 0 Å². The van der Waals surface area contributed by atoms with Gasteiger partial charge in [0.15, 0.2) is 0 Å². The van der Waals surface area contributed by atoms with Gasteiger partial charge in [-0.15, -0.1) is 0 Å². The van der Waals surface area contributed by atoms with Crippen molar-refractivity contribution in [2.75, 3.05) is 18.8 Å². The first-order chi connectivity index (χ1) is 10.5. The zero-order valence-electron chi connectivity index (χ0n) is 13.6. The van der Waals surface area contributed by atoms with Crippen molar-refractivity contribution >= 4 is 16.0 Å². The number of carbonyl (C=O) groups is 1. The first-order valence-electron chi connectivity index (χ1n) is 8.71. The van der Waals surface area contributed by atoms with Gasteiger partial charge in [-0.05, 0) is 45.4 Å². The molecule has 6 heteroatoms. The predicted molar refractivity (Wildman–Crippen MR) is 86.0 cm³/mol. The molecule has 1 heterocycles. The fraction of sp³-hybridized carbons (Fsp3) is 0.938. The van der Waals surface area contributed by atoms with Crippen LogP contribution in [0.1, 0.15) is 64.7 Å². The lowest BCUT2D eigenvalue weighted by Gasteiger charge is -2.31. The van der Waals surface area contributed by atoms with Gasteiger partial charge in [0.05, 0.1) is 11.7 Å². The quantitative estimate of drug-likeness (QED) is 0.743. The molecule has 22 heavy (non-hydrogen) atoms. The van der Waals surface area contributed by atoms with E-state index in [4.69, 9.17) is 4.74 Å². The summed E-state index contributed by atoms with van der Waals surface area (Å²) in [5.74, 6) is -0.114. The van der Waals surface area contributed by atoms with Gasteiger partial charge in [0.1, 0.15) is 6.10 Å².